The first kappa shape index (κ1) is 18.6. The van der Waals surface area contributed by atoms with Gasteiger partial charge < -0.3 is 19.7 Å². The summed E-state index contributed by atoms with van der Waals surface area (Å²) >= 11 is 6.35. The Balaban J connectivity index is 1.39. The van der Waals surface area contributed by atoms with Crippen molar-refractivity contribution in [2.24, 2.45) is 12.0 Å². The number of aliphatic imine (C=N–C) groups is 1. The lowest BCUT2D eigenvalue weighted by Crippen LogP contribution is -2.52. The molecule has 6 nitrogen and oxygen atoms in total. The maximum Gasteiger partial charge on any atom is 0.194 e. The molecule has 28 heavy (non-hydrogen) atoms. The molecule has 7 heteroatoms. The molecule has 4 rings (SSSR count). The predicted molar refractivity (Wildman–Crippen MR) is 116 cm³/mol. The molecule has 0 amide bonds. The monoisotopic (exact) mass is 396 g/mol. The first-order valence-electron chi connectivity index (χ1n) is 9.53. The fourth-order valence-electron chi connectivity index (χ4n) is 3.71. The molecular weight excluding hydrogens is 372 g/mol. The number of benzene rings is 2. The first-order valence-corrected chi connectivity index (χ1v) is 9.90. The van der Waals surface area contributed by atoms with Gasteiger partial charge in [-0.15, -0.1) is 0 Å². The van der Waals surface area contributed by atoms with E-state index in [0.29, 0.717) is 6.54 Å². The van der Waals surface area contributed by atoms with Gasteiger partial charge in [0, 0.05) is 40.3 Å². The molecule has 1 aliphatic rings. The van der Waals surface area contributed by atoms with E-state index in [1.54, 1.807) is 0 Å². The van der Waals surface area contributed by atoms with Crippen LogP contribution in [0.2, 0.25) is 5.02 Å². The van der Waals surface area contributed by atoms with Gasteiger partial charge in [-0.1, -0.05) is 35.9 Å². The van der Waals surface area contributed by atoms with Crippen LogP contribution < -0.4 is 10.2 Å². The van der Waals surface area contributed by atoms with Gasteiger partial charge in [0.05, 0.1) is 28.3 Å². The van der Waals surface area contributed by atoms with Gasteiger partial charge >= 0.3 is 0 Å². The summed E-state index contributed by atoms with van der Waals surface area (Å²) in [7, 11) is 3.88. The number of hydrogen-bond donors (Lipinski definition) is 1. The molecule has 0 atom stereocenters. The zero-order valence-corrected chi connectivity index (χ0v) is 17.0. The third kappa shape index (κ3) is 3.64. The first-order chi connectivity index (χ1) is 13.7. The lowest BCUT2D eigenvalue weighted by Gasteiger charge is -2.38. The molecule has 1 fully saturated rings. The molecule has 0 spiro atoms. The second-order valence-corrected chi connectivity index (χ2v) is 7.31. The highest BCUT2D eigenvalue weighted by Crippen LogP contribution is 2.26. The van der Waals surface area contributed by atoms with Crippen LogP contribution in [0.1, 0.15) is 5.82 Å². The molecule has 0 radical (unpaired) electrons. The number of rotatable bonds is 3. The van der Waals surface area contributed by atoms with Gasteiger partial charge in [-0.05, 0) is 24.3 Å². The van der Waals surface area contributed by atoms with Crippen molar-refractivity contribution in [1.82, 2.24) is 19.8 Å². The van der Waals surface area contributed by atoms with Crippen LogP contribution in [0.15, 0.2) is 53.5 Å². The summed E-state index contributed by atoms with van der Waals surface area (Å²) in [6.45, 7) is 4.26. The predicted octanol–water partition coefficient (Wildman–Crippen LogP) is 3.12. The number of imidazole rings is 1. The molecule has 0 unspecified atom stereocenters. The van der Waals surface area contributed by atoms with Crippen molar-refractivity contribution in [3.05, 3.63) is 59.4 Å². The lowest BCUT2D eigenvalue weighted by atomic mass is 10.2. The Morgan fingerprint density at radius 3 is 2.50 bits per heavy atom. The third-order valence-corrected chi connectivity index (χ3v) is 5.59. The Morgan fingerprint density at radius 2 is 1.79 bits per heavy atom. The van der Waals surface area contributed by atoms with Gasteiger partial charge in [-0.3, -0.25) is 4.99 Å². The van der Waals surface area contributed by atoms with Crippen molar-refractivity contribution < 1.29 is 0 Å². The summed E-state index contributed by atoms with van der Waals surface area (Å²) in [5.74, 6) is 1.91. The minimum absolute atomic E-state index is 0.641. The maximum absolute atomic E-state index is 6.35. The van der Waals surface area contributed by atoms with Crippen LogP contribution in [0.5, 0.6) is 0 Å². The molecule has 1 aliphatic heterocycles. The Hall–Kier alpha value is -2.73. The molecule has 0 bridgehead atoms. The molecule has 3 aromatic rings. The summed E-state index contributed by atoms with van der Waals surface area (Å²) in [5.41, 5.74) is 3.26. The molecule has 2 aromatic carbocycles. The van der Waals surface area contributed by atoms with Crippen molar-refractivity contribution in [1.29, 1.82) is 0 Å². The van der Waals surface area contributed by atoms with Gasteiger partial charge in [0.15, 0.2) is 5.96 Å². The van der Waals surface area contributed by atoms with E-state index in [1.165, 1.54) is 0 Å². The fraction of sp³-hybridized carbons (Fsp3) is 0.333. The number of aryl methyl sites for hydroxylation is 1. The number of fused-ring (bicyclic) bond motifs is 1. The largest absolute Gasteiger partial charge is 0.367 e. The number of anilines is 1. The third-order valence-electron chi connectivity index (χ3n) is 5.27. The number of halogens is 1. The topological polar surface area (TPSA) is 48.7 Å². The highest BCUT2D eigenvalue weighted by atomic mass is 35.5. The molecular formula is C21H25ClN6. The van der Waals surface area contributed by atoms with Crippen molar-refractivity contribution in [2.45, 2.75) is 6.54 Å². The van der Waals surface area contributed by atoms with Crippen LogP contribution in [-0.4, -0.2) is 53.6 Å². The highest BCUT2D eigenvalue weighted by molar-refractivity contribution is 6.33. The number of piperazine rings is 1. The minimum atomic E-state index is 0.641. The summed E-state index contributed by atoms with van der Waals surface area (Å²) in [4.78, 5) is 13.8. The van der Waals surface area contributed by atoms with Crippen LogP contribution in [0.25, 0.3) is 11.0 Å². The maximum atomic E-state index is 6.35. The summed E-state index contributed by atoms with van der Waals surface area (Å²) in [6.07, 6.45) is 0. The molecule has 1 aromatic heterocycles. The molecule has 2 heterocycles. The zero-order valence-electron chi connectivity index (χ0n) is 16.3. The minimum Gasteiger partial charge on any atom is -0.367 e. The average molecular weight is 397 g/mol. The number of aromatic nitrogens is 2. The van der Waals surface area contributed by atoms with E-state index in [0.717, 1.165) is 59.7 Å². The summed E-state index contributed by atoms with van der Waals surface area (Å²) in [5, 5.41) is 4.28. The second kappa shape index (κ2) is 8.10. The SMILES string of the molecule is CN=C(NCc1nc2ccccc2n1C)N1CCN(c2ccccc2Cl)CC1. The number of para-hydroxylation sites is 3. The smallest absolute Gasteiger partial charge is 0.194 e. The van der Waals surface area contributed by atoms with Crippen LogP contribution >= 0.6 is 11.6 Å². The van der Waals surface area contributed by atoms with E-state index < -0.39 is 0 Å². The molecule has 0 aliphatic carbocycles. The van der Waals surface area contributed by atoms with Crippen molar-refractivity contribution >= 4 is 34.3 Å². The Bertz CT molecular complexity index is 987. The van der Waals surface area contributed by atoms with E-state index in [1.807, 2.05) is 43.4 Å². The lowest BCUT2D eigenvalue weighted by molar-refractivity contribution is 0.372. The van der Waals surface area contributed by atoms with Crippen LogP contribution in [0.3, 0.4) is 0 Å². The normalized spacial score (nSPS) is 15.3. The highest BCUT2D eigenvalue weighted by Gasteiger charge is 2.21. The Morgan fingerprint density at radius 1 is 1.07 bits per heavy atom. The zero-order chi connectivity index (χ0) is 19.5. The van der Waals surface area contributed by atoms with Gasteiger partial charge in [-0.25, -0.2) is 4.98 Å². The van der Waals surface area contributed by atoms with E-state index in [-0.39, 0.29) is 0 Å². The number of nitrogens with zero attached hydrogens (tertiary/aromatic N) is 5. The molecule has 0 saturated carbocycles. The van der Waals surface area contributed by atoms with E-state index in [2.05, 4.69) is 43.9 Å². The number of hydrogen-bond acceptors (Lipinski definition) is 3. The Kier molecular flexibility index (Phi) is 5.39. The molecule has 146 valence electrons. The van der Waals surface area contributed by atoms with Crippen molar-refractivity contribution in [2.75, 3.05) is 38.1 Å². The van der Waals surface area contributed by atoms with E-state index in [4.69, 9.17) is 16.6 Å². The Labute approximate surface area is 170 Å². The summed E-state index contributed by atoms with van der Waals surface area (Å²) < 4.78 is 2.13. The van der Waals surface area contributed by atoms with Crippen LogP contribution in [0.4, 0.5) is 5.69 Å². The van der Waals surface area contributed by atoms with Crippen LogP contribution in [0, 0.1) is 0 Å². The fourth-order valence-corrected chi connectivity index (χ4v) is 3.97. The van der Waals surface area contributed by atoms with Gasteiger partial charge in [-0.2, -0.15) is 0 Å². The van der Waals surface area contributed by atoms with Gasteiger partial charge in [0.1, 0.15) is 5.82 Å². The van der Waals surface area contributed by atoms with Crippen molar-refractivity contribution in [3.8, 4) is 0 Å². The summed E-state index contributed by atoms with van der Waals surface area (Å²) in [6, 6.07) is 16.2. The van der Waals surface area contributed by atoms with Crippen LogP contribution in [-0.2, 0) is 13.6 Å². The van der Waals surface area contributed by atoms with E-state index >= 15 is 0 Å². The van der Waals surface area contributed by atoms with E-state index in [9.17, 15) is 0 Å². The van der Waals surface area contributed by atoms with Gasteiger partial charge in [0.25, 0.3) is 0 Å². The second-order valence-electron chi connectivity index (χ2n) is 6.90. The van der Waals surface area contributed by atoms with Gasteiger partial charge in [0.2, 0.25) is 0 Å². The average Bonchev–Trinajstić information content (AvgIpc) is 3.05. The molecule has 1 saturated heterocycles. The number of guanidine groups is 1. The standard InChI is InChI=1S/C21H25ClN6/c1-23-21(24-15-20-25-17-8-4-6-10-19(17)26(20)2)28-13-11-27(12-14-28)18-9-5-3-7-16(18)22/h3-10H,11-15H2,1-2H3,(H,23,24). The van der Waals surface area contributed by atoms with Crippen molar-refractivity contribution in [3.63, 3.8) is 0 Å². The quantitative estimate of drug-likeness (QED) is 0.546. The molecule has 1 N–H and O–H groups in total. The number of nitrogens with one attached hydrogen (secondary N) is 1.